The Bertz CT molecular complexity index is 325. The number of aliphatic hydroxyl groups excluding tert-OH is 2. The van der Waals surface area contributed by atoms with Gasteiger partial charge < -0.3 is 20.9 Å². The molecule has 0 aromatic carbocycles. The standard InChI is InChI=1S/C7H11N3O3/c8-1-5(11)6(12)4-2-9-3-10-7(4)13/h2-3,5-6,11-12H,1,8H2,(H,9,10,13). The fourth-order valence-corrected chi connectivity index (χ4v) is 0.902. The molecule has 1 aromatic rings. The first-order valence-corrected chi connectivity index (χ1v) is 3.75. The number of nitrogens with zero attached hydrogens (tertiary/aromatic N) is 1. The normalized spacial score (nSPS) is 15.3. The fourth-order valence-electron chi connectivity index (χ4n) is 0.902. The number of H-pyrrole nitrogens is 1. The molecule has 6 nitrogen and oxygen atoms in total. The Balaban J connectivity index is 2.95. The fraction of sp³-hybridized carbons (Fsp3) is 0.429. The molecule has 0 spiro atoms. The number of aromatic nitrogens is 2. The Morgan fingerprint density at radius 3 is 2.85 bits per heavy atom. The van der Waals surface area contributed by atoms with E-state index in [1.807, 2.05) is 0 Å². The summed E-state index contributed by atoms with van der Waals surface area (Å²) in [5, 5.41) is 18.5. The molecule has 0 radical (unpaired) electrons. The Labute approximate surface area is 74.1 Å². The van der Waals surface area contributed by atoms with Crippen LogP contribution in [0.25, 0.3) is 0 Å². The number of nitrogens with one attached hydrogen (secondary N) is 1. The molecule has 0 saturated carbocycles. The third kappa shape index (κ3) is 2.11. The SMILES string of the molecule is NCC(O)C(O)c1cnc[nH]c1=O. The maximum Gasteiger partial charge on any atom is 0.256 e. The highest BCUT2D eigenvalue weighted by atomic mass is 16.3. The van der Waals surface area contributed by atoms with Gasteiger partial charge in [0.1, 0.15) is 6.10 Å². The highest BCUT2D eigenvalue weighted by molar-refractivity contribution is 5.08. The topological polar surface area (TPSA) is 112 Å². The maximum absolute atomic E-state index is 11.1. The summed E-state index contributed by atoms with van der Waals surface area (Å²) in [4.78, 5) is 17.0. The molecule has 72 valence electrons. The van der Waals surface area contributed by atoms with E-state index in [0.717, 1.165) is 0 Å². The smallest absolute Gasteiger partial charge is 0.256 e. The second kappa shape index (κ2) is 4.13. The van der Waals surface area contributed by atoms with Gasteiger partial charge in [-0.05, 0) is 0 Å². The van der Waals surface area contributed by atoms with E-state index in [-0.39, 0.29) is 12.1 Å². The average molecular weight is 185 g/mol. The molecule has 2 atom stereocenters. The zero-order valence-electron chi connectivity index (χ0n) is 6.84. The van der Waals surface area contributed by atoms with Gasteiger partial charge in [-0.1, -0.05) is 0 Å². The van der Waals surface area contributed by atoms with Crippen molar-refractivity contribution in [2.45, 2.75) is 12.2 Å². The zero-order chi connectivity index (χ0) is 9.84. The molecule has 1 rings (SSSR count). The van der Waals surface area contributed by atoms with Gasteiger partial charge >= 0.3 is 0 Å². The Morgan fingerprint density at radius 2 is 2.31 bits per heavy atom. The molecule has 0 amide bonds. The molecule has 0 aliphatic carbocycles. The van der Waals surface area contributed by atoms with E-state index in [1.165, 1.54) is 12.5 Å². The van der Waals surface area contributed by atoms with Crippen LogP contribution in [0.1, 0.15) is 11.7 Å². The van der Waals surface area contributed by atoms with Crippen molar-refractivity contribution in [2.24, 2.45) is 5.73 Å². The molecule has 0 aliphatic heterocycles. The summed E-state index contributed by atoms with van der Waals surface area (Å²) in [7, 11) is 0. The van der Waals surface area contributed by atoms with Crippen LogP contribution in [0.5, 0.6) is 0 Å². The average Bonchev–Trinajstić information content (AvgIpc) is 2.16. The minimum atomic E-state index is -1.29. The van der Waals surface area contributed by atoms with Crippen molar-refractivity contribution in [3.8, 4) is 0 Å². The molecule has 0 bridgehead atoms. The predicted octanol–water partition coefficient (Wildman–Crippen LogP) is -1.88. The first-order chi connectivity index (χ1) is 6.16. The van der Waals surface area contributed by atoms with E-state index < -0.39 is 17.8 Å². The summed E-state index contributed by atoms with van der Waals surface area (Å²) in [6, 6.07) is 0. The van der Waals surface area contributed by atoms with E-state index in [2.05, 4.69) is 9.97 Å². The molecular weight excluding hydrogens is 174 g/mol. The summed E-state index contributed by atoms with van der Waals surface area (Å²) < 4.78 is 0. The Kier molecular flexibility index (Phi) is 3.13. The van der Waals surface area contributed by atoms with Crippen LogP contribution in [0, 0.1) is 0 Å². The monoisotopic (exact) mass is 185 g/mol. The van der Waals surface area contributed by atoms with Crippen LogP contribution in [0.3, 0.4) is 0 Å². The van der Waals surface area contributed by atoms with Crippen LogP contribution in [-0.4, -0.2) is 32.8 Å². The zero-order valence-corrected chi connectivity index (χ0v) is 6.84. The van der Waals surface area contributed by atoms with Crippen LogP contribution in [0.2, 0.25) is 0 Å². The van der Waals surface area contributed by atoms with Crippen molar-refractivity contribution in [3.63, 3.8) is 0 Å². The molecule has 1 aromatic heterocycles. The van der Waals surface area contributed by atoms with Crippen molar-refractivity contribution in [3.05, 3.63) is 28.4 Å². The number of aromatic amines is 1. The third-order valence-electron chi connectivity index (χ3n) is 1.67. The first-order valence-electron chi connectivity index (χ1n) is 3.75. The highest BCUT2D eigenvalue weighted by Crippen LogP contribution is 2.09. The molecule has 6 heteroatoms. The number of aliphatic hydroxyl groups is 2. The molecule has 0 aliphatic rings. The van der Waals surface area contributed by atoms with Crippen LogP contribution in [0.15, 0.2) is 17.3 Å². The van der Waals surface area contributed by atoms with Crippen molar-refractivity contribution in [1.82, 2.24) is 9.97 Å². The van der Waals surface area contributed by atoms with Gasteiger partial charge in [-0.3, -0.25) is 4.79 Å². The summed E-state index contributed by atoms with van der Waals surface area (Å²) in [5.74, 6) is 0. The molecule has 0 fully saturated rings. The second-order valence-corrected chi connectivity index (χ2v) is 2.58. The Morgan fingerprint density at radius 1 is 1.62 bits per heavy atom. The van der Waals surface area contributed by atoms with Gasteiger partial charge in [0.2, 0.25) is 0 Å². The van der Waals surface area contributed by atoms with E-state index in [0.29, 0.717) is 0 Å². The number of nitrogens with two attached hydrogens (primary N) is 1. The summed E-state index contributed by atoms with van der Waals surface area (Å²) in [6.45, 7) is -0.116. The van der Waals surface area contributed by atoms with Gasteiger partial charge in [-0.2, -0.15) is 0 Å². The largest absolute Gasteiger partial charge is 0.389 e. The molecule has 2 unspecified atom stereocenters. The minimum Gasteiger partial charge on any atom is -0.389 e. The summed E-state index contributed by atoms with van der Waals surface area (Å²) in [6.07, 6.45) is -0.0387. The number of hydrogen-bond acceptors (Lipinski definition) is 5. The lowest BCUT2D eigenvalue weighted by Gasteiger charge is -2.14. The number of hydrogen-bond donors (Lipinski definition) is 4. The Hall–Kier alpha value is -1.24. The molecule has 5 N–H and O–H groups in total. The predicted molar refractivity (Wildman–Crippen MR) is 44.9 cm³/mol. The van der Waals surface area contributed by atoms with Gasteiger partial charge in [0, 0.05) is 12.7 Å². The quantitative estimate of drug-likeness (QED) is 0.440. The minimum absolute atomic E-state index is 0.0143. The van der Waals surface area contributed by atoms with Crippen molar-refractivity contribution < 1.29 is 10.2 Å². The third-order valence-corrected chi connectivity index (χ3v) is 1.67. The van der Waals surface area contributed by atoms with E-state index >= 15 is 0 Å². The van der Waals surface area contributed by atoms with Gasteiger partial charge in [-0.25, -0.2) is 4.98 Å². The van der Waals surface area contributed by atoms with Gasteiger partial charge in [-0.15, -0.1) is 0 Å². The molecular formula is C7H11N3O3. The molecule has 1 heterocycles. The molecule has 0 saturated heterocycles. The van der Waals surface area contributed by atoms with Crippen LogP contribution in [-0.2, 0) is 0 Å². The van der Waals surface area contributed by atoms with E-state index in [4.69, 9.17) is 10.8 Å². The van der Waals surface area contributed by atoms with Crippen LogP contribution < -0.4 is 11.3 Å². The number of rotatable bonds is 3. The van der Waals surface area contributed by atoms with Crippen molar-refractivity contribution in [1.29, 1.82) is 0 Å². The lowest BCUT2D eigenvalue weighted by Crippen LogP contribution is -2.31. The summed E-state index contributed by atoms with van der Waals surface area (Å²) >= 11 is 0. The van der Waals surface area contributed by atoms with Crippen LogP contribution in [0.4, 0.5) is 0 Å². The van der Waals surface area contributed by atoms with Gasteiger partial charge in [0.15, 0.2) is 0 Å². The first kappa shape index (κ1) is 9.85. The van der Waals surface area contributed by atoms with Crippen LogP contribution >= 0.6 is 0 Å². The highest BCUT2D eigenvalue weighted by Gasteiger charge is 2.19. The van der Waals surface area contributed by atoms with Crippen molar-refractivity contribution in [2.75, 3.05) is 6.54 Å². The van der Waals surface area contributed by atoms with E-state index in [1.54, 1.807) is 0 Å². The lowest BCUT2D eigenvalue weighted by atomic mass is 10.1. The van der Waals surface area contributed by atoms with Crippen molar-refractivity contribution >= 4 is 0 Å². The second-order valence-electron chi connectivity index (χ2n) is 2.58. The summed E-state index contributed by atoms with van der Waals surface area (Å²) in [5.41, 5.74) is 4.66. The lowest BCUT2D eigenvalue weighted by molar-refractivity contribution is 0.0232. The van der Waals surface area contributed by atoms with Gasteiger partial charge in [0.05, 0.1) is 18.0 Å². The van der Waals surface area contributed by atoms with E-state index in [9.17, 15) is 9.90 Å². The maximum atomic E-state index is 11.1. The van der Waals surface area contributed by atoms with Gasteiger partial charge in [0.25, 0.3) is 5.56 Å². The molecule has 13 heavy (non-hydrogen) atoms.